The Hall–Kier alpha value is -0.790. The Bertz CT molecular complexity index is 494. The molecule has 2 rings (SSSR count). The van der Waals surface area contributed by atoms with Crippen molar-refractivity contribution in [1.29, 1.82) is 0 Å². The molecule has 0 N–H and O–H groups in total. The second-order valence-corrected chi connectivity index (χ2v) is 4.32. The van der Waals surface area contributed by atoms with Crippen molar-refractivity contribution in [2.45, 2.75) is 19.8 Å². The van der Waals surface area contributed by atoms with Gasteiger partial charge in [0.1, 0.15) is 5.15 Å². The number of hydrogen-bond acceptors (Lipinski definition) is 1. The van der Waals surface area contributed by atoms with Crippen LogP contribution in [0.1, 0.15) is 18.9 Å². The van der Waals surface area contributed by atoms with Crippen LogP contribution in [0, 0.1) is 0 Å². The number of benzene rings is 1. The van der Waals surface area contributed by atoms with Crippen molar-refractivity contribution in [3.05, 3.63) is 40.0 Å². The Morgan fingerprint density at radius 2 is 2.00 bits per heavy atom. The van der Waals surface area contributed by atoms with E-state index in [0.29, 0.717) is 5.15 Å². The number of halogens is 2. The summed E-state index contributed by atoms with van der Waals surface area (Å²) in [7, 11) is 0. The second-order valence-electron chi connectivity index (χ2n) is 3.53. The number of aromatic nitrogens is 1. The van der Waals surface area contributed by atoms with Gasteiger partial charge in [-0.3, -0.25) is 0 Å². The topological polar surface area (TPSA) is 12.9 Å². The Balaban J connectivity index is 2.61. The van der Waals surface area contributed by atoms with Crippen LogP contribution in [0.25, 0.3) is 10.9 Å². The molecule has 0 unspecified atom stereocenters. The van der Waals surface area contributed by atoms with Crippen LogP contribution in [0.4, 0.5) is 0 Å². The molecule has 0 aliphatic heterocycles. The van der Waals surface area contributed by atoms with Gasteiger partial charge < -0.3 is 0 Å². The normalized spacial score (nSPS) is 10.9. The largest absolute Gasteiger partial charge is 0.236 e. The molecule has 0 atom stereocenters. The van der Waals surface area contributed by atoms with Crippen molar-refractivity contribution in [3.8, 4) is 0 Å². The monoisotopic (exact) mass is 239 g/mol. The summed E-state index contributed by atoms with van der Waals surface area (Å²) >= 11 is 12.0. The van der Waals surface area contributed by atoms with E-state index in [1.807, 2.05) is 18.2 Å². The lowest BCUT2D eigenvalue weighted by atomic mass is 10.1. The zero-order chi connectivity index (χ0) is 10.8. The third-order valence-corrected chi connectivity index (χ3v) is 2.88. The third kappa shape index (κ3) is 2.24. The maximum absolute atomic E-state index is 6.08. The number of nitrogens with zero attached hydrogens (tertiary/aromatic N) is 1. The maximum Gasteiger partial charge on any atom is 0.132 e. The molecule has 0 amide bonds. The molecule has 1 heterocycles. The molecule has 0 radical (unpaired) electrons. The fourth-order valence-electron chi connectivity index (χ4n) is 1.61. The van der Waals surface area contributed by atoms with Crippen LogP contribution in [-0.4, -0.2) is 4.98 Å². The summed E-state index contributed by atoms with van der Waals surface area (Å²) in [5.41, 5.74) is 1.98. The standard InChI is InChI=1S/C12H11Cl2N/c1-2-3-8-6-9-7-10(13)4-5-11(9)15-12(8)14/h4-7H,2-3H2,1H3. The van der Waals surface area contributed by atoms with E-state index in [9.17, 15) is 0 Å². The molecule has 0 spiro atoms. The summed E-state index contributed by atoms with van der Waals surface area (Å²) in [6.07, 6.45) is 2.02. The molecule has 1 nitrogen and oxygen atoms in total. The van der Waals surface area contributed by atoms with Crippen molar-refractivity contribution in [3.63, 3.8) is 0 Å². The first kappa shape index (κ1) is 10.7. The van der Waals surface area contributed by atoms with Crippen molar-refractivity contribution in [2.24, 2.45) is 0 Å². The Morgan fingerprint density at radius 3 is 2.73 bits per heavy atom. The van der Waals surface area contributed by atoms with Gasteiger partial charge in [-0.1, -0.05) is 36.5 Å². The van der Waals surface area contributed by atoms with Crippen LogP contribution < -0.4 is 0 Å². The molecule has 0 aliphatic carbocycles. The second kappa shape index (κ2) is 4.38. The summed E-state index contributed by atoms with van der Waals surface area (Å²) in [5, 5.41) is 2.39. The van der Waals surface area contributed by atoms with Gasteiger partial charge >= 0.3 is 0 Å². The average molecular weight is 240 g/mol. The molecule has 0 saturated carbocycles. The van der Waals surface area contributed by atoms with Gasteiger partial charge in [0.25, 0.3) is 0 Å². The highest BCUT2D eigenvalue weighted by atomic mass is 35.5. The summed E-state index contributed by atoms with van der Waals surface area (Å²) in [6.45, 7) is 2.12. The van der Waals surface area contributed by atoms with E-state index in [2.05, 4.69) is 18.0 Å². The van der Waals surface area contributed by atoms with E-state index >= 15 is 0 Å². The highest BCUT2D eigenvalue weighted by molar-refractivity contribution is 6.32. The van der Waals surface area contributed by atoms with Gasteiger partial charge in [-0.2, -0.15) is 0 Å². The van der Waals surface area contributed by atoms with Crippen LogP contribution in [0.15, 0.2) is 24.3 Å². The molecule has 0 aliphatic rings. The van der Waals surface area contributed by atoms with E-state index in [4.69, 9.17) is 23.2 Å². The highest BCUT2D eigenvalue weighted by Crippen LogP contribution is 2.24. The number of rotatable bonds is 2. The van der Waals surface area contributed by atoms with Crippen LogP contribution in [0.3, 0.4) is 0 Å². The lowest BCUT2D eigenvalue weighted by molar-refractivity contribution is 0.918. The lowest BCUT2D eigenvalue weighted by Gasteiger charge is -2.04. The molecule has 15 heavy (non-hydrogen) atoms. The van der Waals surface area contributed by atoms with E-state index < -0.39 is 0 Å². The van der Waals surface area contributed by atoms with Crippen LogP contribution in [-0.2, 0) is 6.42 Å². The van der Waals surface area contributed by atoms with Gasteiger partial charge in [-0.15, -0.1) is 0 Å². The molecule has 0 saturated heterocycles. The molecule has 0 bridgehead atoms. The van der Waals surface area contributed by atoms with E-state index in [-0.39, 0.29) is 0 Å². The quantitative estimate of drug-likeness (QED) is 0.704. The molecule has 0 fully saturated rings. The zero-order valence-electron chi connectivity index (χ0n) is 8.43. The minimum absolute atomic E-state index is 0.603. The predicted octanol–water partition coefficient (Wildman–Crippen LogP) is 4.49. The van der Waals surface area contributed by atoms with E-state index in [1.54, 1.807) is 0 Å². The zero-order valence-corrected chi connectivity index (χ0v) is 9.94. The van der Waals surface area contributed by atoms with Gasteiger partial charge in [0.2, 0.25) is 0 Å². The van der Waals surface area contributed by atoms with Crippen molar-refractivity contribution < 1.29 is 0 Å². The van der Waals surface area contributed by atoms with Gasteiger partial charge in [0, 0.05) is 10.4 Å². The predicted molar refractivity (Wildman–Crippen MR) is 65.8 cm³/mol. The Kier molecular flexibility index (Phi) is 3.13. The van der Waals surface area contributed by atoms with Gasteiger partial charge in [0.05, 0.1) is 5.52 Å². The van der Waals surface area contributed by atoms with Crippen LogP contribution >= 0.6 is 23.2 Å². The first-order chi connectivity index (χ1) is 7.20. The fraction of sp³-hybridized carbons (Fsp3) is 0.250. The molecule has 2 aromatic rings. The summed E-state index contributed by atoms with van der Waals surface area (Å²) in [4.78, 5) is 4.34. The minimum atomic E-state index is 0.603. The minimum Gasteiger partial charge on any atom is -0.236 e. The number of aryl methyl sites for hydroxylation is 1. The molecule has 78 valence electrons. The number of hydrogen-bond donors (Lipinski definition) is 0. The number of pyridine rings is 1. The third-order valence-electron chi connectivity index (χ3n) is 2.32. The van der Waals surface area contributed by atoms with Gasteiger partial charge in [-0.05, 0) is 36.2 Å². The molecular weight excluding hydrogens is 229 g/mol. The Morgan fingerprint density at radius 1 is 1.20 bits per heavy atom. The number of fused-ring (bicyclic) bond motifs is 1. The van der Waals surface area contributed by atoms with Crippen LogP contribution in [0.2, 0.25) is 10.2 Å². The van der Waals surface area contributed by atoms with Crippen molar-refractivity contribution in [2.75, 3.05) is 0 Å². The first-order valence-corrected chi connectivity index (χ1v) is 5.71. The van der Waals surface area contributed by atoms with E-state index in [1.165, 1.54) is 0 Å². The summed E-state index contributed by atoms with van der Waals surface area (Å²) in [5.74, 6) is 0. The molecular formula is C12H11Cl2N. The smallest absolute Gasteiger partial charge is 0.132 e. The fourth-order valence-corrected chi connectivity index (χ4v) is 2.03. The van der Waals surface area contributed by atoms with Crippen molar-refractivity contribution in [1.82, 2.24) is 4.98 Å². The molecule has 1 aromatic carbocycles. The highest BCUT2D eigenvalue weighted by Gasteiger charge is 2.04. The molecule has 1 aromatic heterocycles. The first-order valence-electron chi connectivity index (χ1n) is 4.95. The van der Waals surface area contributed by atoms with Crippen LogP contribution in [0.5, 0.6) is 0 Å². The van der Waals surface area contributed by atoms with E-state index in [0.717, 1.165) is 34.3 Å². The van der Waals surface area contributed by atoms with Gasteiger partial charge in [0.15, 0.2) is 0 Å². The summed E-state index contributed by atoms with van der Waals surface area (Å²) in [6, 6.07) is 7.70. The van der Waals surface area contributed by atoms with Crippen molar-refractivity contribution >= 4 is 34.1 Å². The molecule has 3 heteroatoms. The SMILES string of the molecule is CCCc1cc2cc(Cl)ccc2nc1Cl. The maximum atomic E-state index is 6.08. The summed E-state index contributed by atoms with van der Waals surface area (Å²) < 4.78 is 0. The van der Waals surface area contributed by atoms with Gasteiger partial charge in [-0.25, -0.2) is 4.98 Å². The lowest BCUT2D eigenvalue weighted by Crippen LogP contribution is -1.89. The Labute approximate surface area is 99.0 Å². The average Bonchev–Trinajstić information content (AvgIpc) is 2.20.